The van der Waals surface area contributed by atoms with E-state index in [1.165, 1.54) is 13.4 Å². The van der Waals surface area contributed by atoms with Crippen molar-refractivity contribution in [2.24, 2.45) is 7.05 Å². The molecule has 5 heterocycles. The molecule has 0 amide bonds. The van der Waals surface area contributed by atoms with E-state index in [1.807, 2.05) is 0 Å². The maximum Gasteiger partial charge on any atom is 0.330 e. The third-order valence-corrected chi connectivity index (χ3v) is 6.62. The van der Waals surface area contributed by atoms with Crippen LogP contribution < -0.4 is 5.69 Å². The summed E-state index contributed by atoms with van der Waals surface area (Å²) in [6, 6.07) is 5.16. The van der Waals surface area contributed by atoms with Gasteiger partial charge in [-0.05, 0) is 12.1 Å². The number of rotatable bonds is 3. The minimum atomic E-state index is -3.30. The van der Waals surface area contributed by atoms with Gasteiger partial charge in [0.15, 0.2) is 11.5 Å². The van der Waals surface area contributed by atoms with Crippen molar-refractivity contribution in [1.82, 2.24) is 33.0 Å². The highest BCUT2D eigenvalue weighted by atomic mass is 32.2. The smallest absolute Gasteiger partial charge is 0.292 e. The van der Waals surface area contributed by atoms with E-state index in [2.05, 4.69) is 21.1 Å². The standard InChI is InChI=1S/C18H16N8O3S/c1-23-15-8-20-16(13-7-21-25-4-3-11(6-19)5-14(13)25)22-17(15)26(18(23)27)12-9-24(10-12)30(2,28)29/h3-5,7-8,12H,9-10H2,1-2H3. The number of imidazole rings is 1. The Morgan fingerprint density at radius 1 is 1.23 bits per heavy atom. The Hall–Kier alpha value is -3.56. The molecule has 0 bridgehead atoms. The Kier molecular flexibility index (Phi) is 3.83. The summed E-state index contributed by atoms with van der Waals surface area (Å²) < 4.78 is 29.3. The van der Waals surface area contributed by atoms with Gasteiger partial charge in [-0.3, -0.25) is 9.13 Å². The fourth-order valence-corrected chi connectivity index (χ4v) is 4.55. The van der Waals surface area contributed by atoms with E-state index in [1.54, 1.807) is 42.3 Å². The molecule has 12 heteroatoms. The van der Waals surface area contributed by atoms with Gasteiger partial charge in [0.2, 0.25) is 10.0 Å². The fourth-order valence-electron chi connectivity index (χ4n) is 3.67. The van der Waals surface area contributed by atoms with Crippen LogP contribution in [-0.2, 0) is 17.1 Å². The van der Waals surface area contributed by atoms with Crippen LogP contribution >= 0.6 is 0 Å². The first-order valence-corrected chi connectivity index (χ1v) is 10.9. The lowest BCUT2D eigenvalue weighted by Crippen LogP contribution is -2.52. The quantitative estimate of drug-likeness (QED) is 0.457. The molecule has 5 rings (SSSR count). The van der Waals surface area contributed by atoms with Gasteiger partial charge in [0.25, 0.3) is 0 Å². The molecule has 1 fully saturated rings. The molecular formula is C18H16N8O3S. The number of hydrogen-bond acceptors (Lipinski definition) is 7. The van der Waals surface area contributed by atoms with Gasteiger partial charge in [0.1, 0.15) is 5.52 Å². The molecule has 1 saturated heterocycles. The summed E-state index contributed by atoms with van der Waals surface area (Å²) in [4.78, 5) is 21.8. The summed E-state index contributed by atoms with van der Waals surface area (Å²) in [5, 5.41) is 13.5. The van der Waals surface area contributed by atoms with Gasteiger partial charge in [0, 0.05) is 26.3 Å². The summed E-state index contributed by atoms with van der Waals surface area (Å²) in [7, 11) is -1.67. The molecule has 0 N–H and O–H groups in total. The maximum absolute atomic E-state index is 12.8. The Bertz CT molecular complexity index is 1530. The van der Waals surface area contributed by atoms with Crippen LogP contribution in [-0.4, -0.2) is 60.8 Å². The van der Waals surface area contributed by atoms with Crippen molar-refractivity contribution in [3.05, 3.63) is 46.8 Å². The van der Waals surface area contributed by atoms with Crippen molar-refractivity contribution in [1.29, 1.82) is 5.26 Å². The van der Waals surface area contributed by atoms with E-state index >= 15 is 0 Å². The molecule has 0 atom stereocenters. The molecule has 4 aromatic rings. The third-order valence-electron chi connectivity index (χ3n) is 5.39. The molecule has 152 valence electrons. The minimum absolute atomic E-state index is 0.222. The van der Waals surface area contributed by atoms with Crippen LogP contribution in [0.15, 0.2) is 35.5 Å². The molecule has 0 aliphatic carbocycles. The van der Waals surface area contributed by atoms with E-state index in [0.717, 1.165) is 6.26 Å². The molecule has 0 spiro atoms. The van der Waals surface area contributed by atoms with Crippen molar-refractivity contribution in [3.8, 4) is 17.5 Å². The van der Waals surface area contributed by atoms with Crippen LogP contribution in [0.5, 0.6) is 0 Å². The van der Waals surface area contributed by atoms with Gasteiger partial charge in [-0.2, -0.15) is 14.7 Å². The normalized spacial score (nSPS) is 15.5. The van der Waals surface area contributed by atoms with Gasteiger partial charge in [0.05, 0.1) is 47.4 Å². The van der Waals surface area contributed by atoms with Crippen LogP contribution in [0, 0.1) is 11.3 Å². The molecule has 4 aromatic heterocycles. The number of nitrogens with zero attached hydrogens (tertiary/aromatic N) is 8. The molecule has 1 aliphatic rings. The summed E-state index contributed by atoms with van der Waals surface area (Å²) in [6.45, 7) is 0.443. The topological polar surface area (TPSA) is 131 Å². The second-order valence-corrected chi connectivity index (χ2v) is 9.25. The van der Waals surface area contributed by atoms with Gasteiger partial charge in [-0.15, -0.1) is 0 Å². The molecule has 0 saturated carbocycles. The van der Waals surface area contributed by atoms with Crippen molar-refractivity contribution in [3.63, 3.8) is 0 Å². The molecule has 0 radical (unpaired) electrons. The average Bonchev–Trinajstić information content (AvgIpc) is 3.20. The molecule has 0 aromatic carbocycles. The first-order chi connectivity index (χ1) is 14.3. The Morgan fingerprint density at radius 3 is 2.70 bits per heavy atom. The maximum atomic E-state index is 12.8. The second kappa shape index (κ2) is 6.22. The third kappa shape index (κ3) is 2.63. The lowest BCUT2D eigenvalue weighted by atomic mass is 10.2. The number of hydrogen-bond donors (Lipinski definition) is 0. The van der Waals surface area contributed by atoms with Crippen molar-refractivity contribution >= 4 is 26.7 Å². The first-order valence-electron chi connectivity index (χ1n) is 9.05. The first kappa shape index (κ1) is 18.5. The van der Waals surface area contributed by atoms with E-state index in [4.69, 9.17) is 0 Å². The second-order valence-electron chi connectivity index (χ2n) is 7.26. The predicted molar refractivity (Wildman–Crippen MR) is 107 cm³/mol. The Morgan fingerprint density at radius 2 is 2.00 bits per heavy atom. The summed E-state index contributed by atoms with van der Waals surface area (Å²) in [5.41, 5.74) is 2.49. The van der Waals surface area contributed by atoms with E-state index in [9.17, 15) is 18.5 Å². The fraction of sp³-hybridized carbons (Fsp3) is 0.278. The van der Waals surface area contributed by atoms with Crippen LogP contribution in [0.2, 0.25) is 0 Å². The summed E-state index contributed by atoms with van der Waals surface area (Å²) in [6.07, 6.45) is 6.01. The number of aromatic nitrogens is 6. The monoisotopic (exact) mass is 424 g/mol. The zero-order chi connectivity index (χ0) is 21.2. The summed E-state index contributed by atoms with van der Waals surface area (Å²) >= 11 is 0. The highest BCUT2D eigenvalue weighted by molar-refractivity contribution is 7.88. The van der Waals surface area contributed by atoms with Crippen LogP contribution in [0.3, 0.4) is 0 Å². The van der Waals surface area contributed by atoms with Gasteiger partial charge in [-0.25, -0.2) is 27.7 Å². The lowest BCUT2D eigenvalue weighted by Gasteiger charge is -2.37. The van der Waals surface area contributed by atoms with E-state index in [-0.39, 0.29) is 24.8 Å². The van der Waals surface area contributed by atoms with Crippen LogP contribution in [0.1, 0.15) is 11.6 Å². The van der Waals surface area contributed by atoms with Gasteiger partial charge in [-0.1, -0.05) is 0 Å². The number of sulfonamides is 1. The minimum Gasteiger partial charge on any atom is -0.292 e. The molecular weight excluding hydrogens is 408 g/mol. The van der Waals surface area contributed by atoms with Crippen molar-refractivity contribution in [2.45, 2.75) is 6.04 Å². The van der Waals surface area contributed by atoms with Crippen molar-refractivity contribution in [2.75, 3.05) is 19.3 Å². The molecule has 11 nitrogen and oxygen atoms in total. The zero-order valence-corrected chi connectivity index (χ0v) is 16.9. The Labute approximate surface area is 170 Å². The largest absolute Gasteiger partial charge is 0.330 e. The van der Waals surface area contributed by atoms with Gasteiger partial charge >= 0.3 is 5.69 Å². The number of nitriles is 1. The highest BCUT2D eigenvalue weighted by Crippen LogP contribution is 2.27. The number of pyridine rings is 1. The Balaban J connectivity index is 1.65. The predicted octanol–water partition coefficient (Wildman–Crippen LogP) is 0.133. The zero-order valence-electron chi connectivity index (χ0n) is 16.1. The molecule has 30 heavy (non-hydrogen) atoms. The van der Waals surface area contributed by atoms with Gasteiger partial charge < -0.3 is 0 Å². The van der Waals surface area contributed by atoms with E-state index < -0.39 is 10.0 Å². The van der Waals surface area contributed by atoms with Crippen LogP contribution in [0.4, 0.5) is 0 Å². The number of fused-ring (bicyclic) bond motifs is 2. The molecule has 0 unspecified atom stereocenters. The van der Waals surface area contributed by atoms with E-state index in [0.29, 0.717) is 33.6 Å². The highest BCUT2D eigenvalue weighted by Gasteiger charge is 2.37. The molecule has 1 aliphatic heterocycles. The lowest BCUT2D eigenvalue weighted by molar-refractivity contribution is 0.205. The van der Waals surface area contributed by atoms with Crippen LogP contribution in [0.25, 0.3) is 28.1 Å². The average molecular weight is 424 g/mol. The SMILES string of the molecule is Cn1c(=O)n(C2CN(S(C)(=O)=O)C2)c2nc(-c3cnn4ccc(C#N)cc34)ncc21. The summed E-state index contributed by atoms with van der Waals surface area (Å²) in [5.74, 6) is 0.367. The van der Waals surface area contributed by atoms with Crippen molar-refractivity contribution < 1.29 is 8.42 Å². The number of aryl methyl sites for hydroxylation is 1.